The summed E-state index contributed by atoms with van der Waals surface area (Å²) in [5.41, 5.74) is 6.78. The standard InChI is InChI=1S/C22H21Cl2FN4O3/c1-13-21(14(2)29(28-13)17-8-6-16(25)7-9-17)22(31)27-26-20(30)4-3-11-32-19-10-5-15(23)12-18(19)24/h5-10,12H,3-4,11H2,1-2H3,(H,26,30)(H,27,31). The van der Waals surface area contributed by atoms with Crippen LogP contribution in [-0.2, 0) is 4.79 Å². The predicted molar refractivity (Wildman–Crippen MR) is 120 cm³/mol. The number of rotatable bonds is 7. The van der Waals surface area contributed by atoms with Gasteiger partial charge in [-0.2, -0.15) is 5.10 Å². The maximum Gasteiger partial charge on any atom is 0.273 e. The highest BCUT2D eigenvalue weighted by Gasteiger charge is 2.20. The number of ether oxygens (including phenoxy) is 1. The summed E-state index contributed by atoms with van der Waals surface area (Å²) in [5.74, 6) is -0.747. The van der Waals surface area contributed by atoms with Gasteiger partial charge in [0.05, 0.1) is 34.3 Å². The Kier molecular flexibility index (Phi) is 7.71. The van der Waals surface area contributed by atoms with Gasteiger partial charge in [-0.3, -0.25) is 20.4 Å². The van der Waals surface area contributed by atoms with Crippen molar-refractivity contribution < 1.29 is 18.7 Å². The van der Waals surface area contributed by atoms with Gasteiger partial charge in [-0.15, -0.1) is 0 Å². The third-order valence-electron chi connectivity index (χ3n) is 4.60. The third-order valence-corrected chi connectivity index (χ3v) is 5.14. The summed E-state index contributed by atoms with van der Waals surface area (Å²) in [5, 5.41) is 5.24. The van der Waals surface area contributed by atoms with Crippen LogP contribution >= 0.6 is 23.2 Å². The fraction of sp³-hybridized carbons (Fsp3) is 0.227. The van der Waals surface area contributed by atoms with Crippen LogP contribution in [-0.4, -0.2) is 28.2 Å². The van der Waals surface area contributed by atoms with Crippen molar-refractivity contribution in [2.24, 2.45) is 0 Å². The highest BCUT2D eigenvalue weighted by atomic mass is 35.5. The van der Waals surface area contributed by atoms with Gasteiger partial charge >= 0.3 is 0 Å². The third kappa shape index (κ3) is 5.77. The number of hydrogen-bond donors (Lipinski definition) is 2. The summed E-state index contributed by atoms with van der Waals surface area (Å²) >= 11 is 11.9. The van der Waals surface area contributed by atoms with Crippen molar-refractivity contribution in [3.05, 3.63) is 75.3 Å². The Morgan fingerprint density at radius 2 is 1.81 bits per heavy atom. The molecule has 0 aliphatic rings. The molecule has 1 heterocycles. The molecule has 0 bridgehead atoms. The molecule has 7 nitrogen and oxygen atoms in total. The minimum atomic E-state index is -0.495. The SMILES string of the molecule is Cc1nn(-c2ccc(F)cc2)c(C)c1C(=O)NNC(=O)CCCOc1ccc(Cl)cc1Cl. The molecule has 0 radical (unpaired) electrons. The molecule has 168 valence electrons. The summed E-state index contributed by atoms with van der Waals surface area (Å²) in [6.45, 7) is 3.67. The van der Waals surface area contributed by atoms with Crippen LogP contribution in [0.1, 0.15) is 34.6 Å². The molecule has 0 unspecified atom stereocenters. The highest BCUT2D eigenvalue weighted by Crippen LogP contribution is 2.27. The molecule has 2 aromatic carbocycles. The maximum absolute atomic E-state index is 13.2. The minimum Gasteiger partial charge on any atom is -0.492 e. The fourth-order valence-corrected chi connectivity index (χ4v) is 3.53. The van der Waals surface area contributed by atoms with Gasteiger partial charge in [-0.25, -0.2) is 9.07 Å². The van der Waals surface area contributed by atoms with Gasteiger partial charge < -0.3 is 4.74 Å². The molecule has 0 saturated carbocycles. The second-order valence-electron chi connectivity index (χ2n) is 6.96. The summed E-state index contributed by atoms with van der Waals surface area (Å²) in [6.07, 6.45) is 0.555. The predicted octanol–water partition coefficient (Wildman–Crippen LogP) is 4.56. The minimum absolute atomic E-state index is 0.137. The number of halogens is 3. The van der Waals surface area contributed by atoms with Crippen LogP contribution in [0.3, 0.4) is 0 Å². The van der Waals surface area contributed by atoms with E-state index in [9.17, 15) is 14.0 Å². The van der Waals surface area contributed by atoms with Crippen LogP contribution in [0.2, 0.25) is 10.0 Å². The monoisotopic (exact) mass is 478 g/mol. The Hall–Kier alpha value is -3.10. The number of nitrogens with zero attached hydrogens (tertiary/aromatic N) is 2. The lowest BCUT2D eigenvalue weighted by Crippen LogP contribution is -2.42. The smallest absolute Gasteiger partial charge is 0.273 e. The van der Waals surface area contributed by atoms with Crippen molar-refractivity contribution in [2.45, 2.75) is 26.7 Å². The van der Waals surface area contributed by atoms with Crippen LogP contribution in [0.4, 0.5) is 4.39 Å². The van der Waals surface area contributed by atoms with E-state index in [1.807, 2.05) is 0 Å². The average Bonchev–Trinajstić information content (AvgIpc) is 3.05. The van der Waals surface area contributed by atoms with Gasteiger partial charge in [0.1, 0.15) is 11.6 Å². The second kappa shape index (κ2) is 10.5. The summed E-state index contributed by atoms with van der Waals surface area (Å²) in [7, 11) is 0. The summed E-state index contributed by atoms with van der Waals surface area (Å²) < 4.78 is 20.2. The second-order valence-corrected chi connectivity index (χ2v) is 7.81. The van der Waals surface area contributed by atoms with E-state index in [1.54, 1.807) is 48.9 Å². The number of hydrazine groups is 1. The molecular formula is C22H21Cl2FN4O3. The fourth-order valence-electron chi connectivity index (χ4n) is 3.06. The van der Waals surface area contributed by atoms with Gasteiger partial charge in [-0.1, -0.05) is 23.2 Å². The summed E-state index contributed by atoms with van der Waals surface area (Å²) in [6, 6.07) is 10.7. The van der Waals surface area contributed by atoms with E-state index in [0.717, 1.165) is 0 Å². The maximum atomic E-state index is 13.2. The number of carbonyl (C=O) groups is 2. The quantitative estimate of drug-likeness (QED) is 0.385. The van der Waals surface area contributed by atoms with E-state index in [4.69, 9.17) is 27.9 Å². The van der Waals surface area contributed by atoms with E-state index in [1.165, 1.54) is 12.1 Å². The summed E-state index contributed by atoms with van der Waals surface area (Å²) in [4.78, 5) is 24.6. The number of amides is 2. The Labute approximate surface area is 194 Å². The Bertz CT molecular complexity index is 1130. The van der Waals surface area contributed by atoms with Gasteiger partial charge in [0.25, 0.3) is 5.91 Å². The van der Waals surface area contributed by atoms with Crippen LogP contribution in [0.15, 0.2) is 42.5 Å². The van der Waals surface area contributed by atoms with Crippen LogP contribution in [0.5, 0.6) is 5.75 Å². The van der Waals surface area contributed by atoms with Crippen LogP contribution < -0.4 is 15.6 Å². The number of carbonyl (C=O) groups excluding carboxylic acids is 2. The zero-order valence-corrected chi connectivity index (χ0v) is 18.9. The van der Waals surface area contributed by atoms with Crippen molar-refractivity contribution >= 4 is 35.0 Å². The van der Waals surface area contributed by atoms with Gasteiger partial charge in [0.2, 0.25) is 5.91 Å². The first-order valence-corrected chi connectivity index (χ1v) is 10.5. The Morgan fingerprint density at radius 1 is 1.09 bits per heavy atom. The molecule has 0 fully saturated rings. The van der Waals surface area contributed by atoms with E-state index in [2.05, 4.69) is 16.0 Å². The van der Waals surface area contributed by atoms with E-state index < -0.39 is 5.91 Å². The lowest BCUT2D eigenvalue weighted by atomic mass is 10.2. The van der Waals surface area contributed by atoms with Crippen molar-refractivity contribution in [1.29, 1.82) is 0 Å². The molecule has 2 N–H and O–H groups in total. The molecule has 3 aromatic rings. The molecule has 10 heteroatoms. The zero-order valence-electron chi connectivity index (χ0n) is 17.4. The van der Waals surface area contributed by atoms with E-state index in [0.29, 0.717) is 44.9 Å². The molecule has 2 amide bonds. The average molecular weight is 479 g/mol. The van der Waals surface area contributed by atoms with Gasteiger partial charge in [0.15, 0.2) is 0 Å². The zero-order chi connectivity index (χ0) is 23.3. The first-order chi connectivity index (χ1) is 15.3. The van der Waals surface area contributed by atoms with Gasteiger partial charge in [0, 0.05) is 11.4 Å². The number of nitrogens with one attached hydrogen (secondary N) is 2. The Balaban J connectivity index is 1.50. The Morgan fingerprint density at radius 3 is 2.50 bits per heavy atom. The van der Waals surface area contributed by atoms with Crippen molar-refractivity contribution in [1.82, 2.24) is 20.6 Å². The van der Waals surface area contributed by atoms with Crippen molar-refractivity contribution in [3.63, 3.8) is 0 Å². The number of aryl methyl sites for hydroxylation is 1. The lowest BCUT2D eigenvalue weighted by Gasteiger charge is -2.10. The molecular weight excluding hydrogens is 458 g/mol. The largest absolute Gasteiger partial charge is 0.492 e. The molecule has 1 aromatic heterocycles. The van der Waals surface area contributed by atoms with Crippen LogP contribution in [0, 0.1) is 19.7 Å². The van der Waals surface area contributed by atoms with E-state index in [-0.39, 0.29) is 24.8 Å². The molecule has 32 heavy (non-hydrogen) atoms. The molecule has 3 rings (SSSR count). The number of benzene rings is 2. The van der Waals surface area contributed by atoms with Gasteiger partial charge in [-0.05, 0) is 62.7 Å². The first-order valence-electron chi connectivity index (χ1n) is 9.75. The molecule has 0 aliphatic heterocycles. The number of aromatic nitrogens is 2. The first kappa shape index (κ1) is 23.6. The van der Waals surface area contributed by atoms with Crippen LogP contribution in [0.25, 0.3) is 5.69 Å². The molecule has 0 spiro atoms. The highest BCUT2D eigenvalue weighted by molar-refractivity contribution is 6.35. The normalized spacial score (nSPS) is 10.7. The van der Waals surface area contributed by atoms with E-state index >= 15 is 0 Å². The van der Waals surface area contributed by atoms with Crippen molar-refractivity contribution in [2.75, 3.05) is 6.61 Å². The molecule has 0 saturated heterocycles. The topological polar surface area (TPSA) is 85.3 Å². The molecule has 0 aliphatic carbocycles. The lowest BCUT2D eigenvalue weighted by molar-refractivity contribution is -0.122. The molecule has 0 atom stereocenters. The number of hydrogen-bond acceptors (Lipinski definition) is 4. The van der Waals surface area contributed by atoms with Crippen molar-refractivity contribution in [3.8, 4) is 11.4 Å².